The van der Waals surface area contributed by atoms with E-state index in [9.17, 15) is 0 Å². The summed E-state index contributed by atoms with van der Waals surface area (Å²) >= 11 is 0. The minimum Gasteiger partial charge on any atom is -0.493 e. The summed E-state index contributed by atoms with van der Waals surface area (Å²) in [7, 11) is 1.65. The molecule has 0 amide bonds. The molecule has 3 heteroatoms. The monoisotopic (exact) mass is 263 g/mol. The van der Waals surface area contributed by atoms with Gasteiger partial charge >= 0.3 is 0 Å². The number of methoxy groups -OCH3 is 1. The van der Waals surface area contributed by atoms with Gasteiger partial charge in [-0.2, -0.15) is 0 Å². The second-order valence-corrected chi connectivity index (χ2v) is 4.71. The first kappa shape index (κ1) is 15.6. The predicted molar refractivity (Wildman–Crippen MR) is 79.9 cm³/mol. The van der Waals surface area contributed by atoms with E-state index in [1.165, 1.54) is 0 Å². The lowest BCUT2D eigenvalue weighted by molar-refractivity contribution is 0.313. The molecule has 0 aliphatic rings. The number of benzene rings is 1. The van der Waals surface area contributed by atoms with E-state index < -0.39 is 0 Å². The maximum atomic E-state index is 6.03. The van der Waals surface area contributed by atoms with Gasteiger partial charge in [0.1, 0.15) is 6.61 Å². The van der Waals surface area contributed by atoms with E-state index in [1.54, 1.807) is 7.11 Å². The van der Waals surface area contributed by atoms with E-state index in [-0.39, 0.29) is 6.04 Å². The summed E-state index contributed by atoms with van der Waals surface area (Å²) in [5.41, 5.74) is 8.19. The van der Waals surface area contributed by atoms with Crippen LogP contribution in [-0.2, 0) is 6.42 Å². The molecule has 0 heterocycles. The summed E-state index contributed by atoms with van der Waals surface area (Å²) in [5.74, 6) is 1.55. The highest BCUT2D eigenvalue weighted by Crippen LogP contribution is 2.32. The largest absolute Gasteiger partial charge is 0.493 e. The zero-order valence-electron chi connectivity index (χ0n) is 12.2. The van der Waals surface area contributed by atoms with Gasteiger partial charge in [0.15, 0.2) is 11.5 Å². The van der Waals surface area contributed by atoms with Gasteiger partial charge < -0.3 is 15.2 Å². The van der Waals surface area contributed by atoms with Crippen molar-refractivity contribution in [3.8, 4) is 11.5 Å². The van der Waals surface area contributed by atoms with E-state index in [1.807, 2.05) is 18.2 Å². The average molecular weight is 263 g/mol. The van der Waals surface area contributed by atoms with Crippen LogP contribution in [0.5, 0.6) is 11.5 Å². The van der Waals surface area contributed by atoms with Crippen LogP contribution < -0.4 is 15.2 Å². The minimum absolute atomic E-state index is 0.142. The second kappa shape index (κ2) is 7.85. The molecule has 0 bridgehead atoms. The van der Waals surface area contributed by atoms with Crippen LogP contribution in [0.1, 0.15) is 32.3 Å². The van der Waals surface area contributed by atoms with Crippen LogP contribution in [0.15, 0.2) is 30.4 Å². The molecular weight excluding hydrogens is 238 g/mol. The van der Waals surface area contributed by atoms with Gasteiger partial charge in [0, 0.05) is 6.04 Å². The predicted octanol–water partition coefficient (Wildman–Crippen LogP) is 3.32. The van der Waals surface area contributed by atoms with Gasteiger partial charge in [0.25, 0.3) is 0 Å². The molecule has 0 spiro atoms. The number of ether oxygens (including phenoxy) is 2. The SMILES string of the molecule is C=C(CC)COc1c(CC(N)CC)cccc1OC. The highest BCUT2D eigenvalue weighted by Gasteiger charge is 2.13. The Bertz CT molecular complexity index is 415. The smallest absolute Gasteiger partial charge is 0.164 e. The van der Waals surface area contributed by atoms with Crippen molar-refractivity contribution in [2.45, 2.75) is 39.2 Å². The van der Waals surface area contributed by atoms with Gasteiger partial charge in [0.05, 0.1) is 7.11 Å². The standard InChI is InChI=1S/C16H25NO2/c1-5-12(3)11-19-16-13(10-14(17)6-2)8-7-9-15(16)18-4/h7-9,14H,3,5-6,10-11,17H2,1-2,4H3. The topological polar surface area (TPSA) is 44.5 Å². The zero-order valence-corrected chi connectivity index (χ0v) is 12.2. The Hall–Kier alpha value is -1.48. The van der Waals surface area contributed by atoms with Crippen molar-refractivity contribution in [3.05, 3.63) is 35.9 Å². The number of hydrogen-bond acceptors (Lipinski definition) is 3. The molecule has 0 saturated heterocycles. The quantitative estimate of drug-likeness (QED) is 0.732. The van der Waals surface area contributed by atoms with Crippen LogP contribution in [0, 0.1) is 0 Å². The molecule has 0 aromatic heterocycles. The molecule has 1 rings (SSSR count). The number of rotatable bonds is 8. The van der Waals surface area contributed by atoms with Crippen LogP contribution in [0.4, 0.5) is 0 Å². The summed E-state index contributed by atoms with van der Waals surface area (Å²) in [6, 6.07) is 6.06. The Labute approximate surface area is 116 Å². The Morgan fingerprint density at radius 1 is 1.37 bits per heavy atom. The molecule has 0 aliphatic carbocycles. The summed E-state index contributed by atoms with van der Waals surface area (Å²) in [5, 5.41) is 0. The molecule has 19 heavy (non-hydrogen) atoms. The van der Waals surface area contributed by atoms with Crippen molar-refractivity contribution in [1.82, 2.24) is 0 Å². The third-order valence-electron chi connectivity index (χ3n) is 3.21. The Kier molecular flexibility index (Phi) is 6.43. The number of hydrogen-bond donors (Lipinski definition) is 1. The van der Waals surface area contributed by atoms with Gasteiger partial charge in [-0.1, -0.05) is 32.6 Å². The maximum Gasteiger partial charge on any atom is 0.164 e. The van der Waals surface area contributed by atoms with Crippen molar-refractivity contribution >= 4 is 0 Å². The van der Waals surface area contributed by atoms with Gasteiger partial charge in [-0.3, -0.25) is 0 Å². The van der Waals surface area contributed by atoms with Crippen molar-refractivity contribution in [2.24, 2.45) is 5.73 Å². The fourth-order valence-electron chi connectivity index (χ4n) is 1.75. The summed E-state index contributed by atoms with van der Waals surface area (Å²) in [6.45, 7) is 8.64. The third kappa shape index (κ3) is 4.60. The van der Waals surface area contributed by atoms with Crippen molar-refractivity contribution in [2.75, 3.05) is 13.7 Å². The average Bonchev–Trinajstić information content (AvgIpc) is 2.44. The molecule has 1 aromatic carbocycles. The Morgan fingerprint density at radius 3 is 2.68 bits per heavy atom. The molecule has 0 saturated carbocycles. The van der Waals surface area contributed by atoms with E-state index in [0.29, 0.717) is 6.61 Å². The normalized spacial score (nSPS) is 12.0. The molecule has 3 nitrogen and oxygen atoms in total. The second-order valence-electron chi connectivity index (χ2n) is 4.71. The highest BCUT2D eigenvalue weighted by atomic mass is 16.5. The van der Waals surface area contributed by atoms with E-state index in [0.717, 1.165) is 41.9 Å². The van der Waals surface area contributed by atoms with E-state index in [2.05, 4.69) is 20.4 Å². The van der Waals surface area contributed by atoms with E-state index >= 15 is 0 Å². The molecule has 1 aromatic rings. The van der Waals surface area contributed by atoms with Gasteiger partial charge in [0.2, 0.25) is 0 Å². The van der Waals surface area contributed by atoms with E-state index in [4.69, 9.17) is 15.2 Å². The zero-order chi connectivity index (χ0) is 14.3. The van der Waals surface area contributed by atoms with Crippen LogP contribution in [-0.4, -0.2) is 19.8 Å². The van der Waals surface area contributed by atoms with Crippen molar-refractivity contribution in [1.29, 1.82) is 0 Å². The minimum atomic E-state index is 0.142. The van der Waals surface area contributed by atoms with Gasteiger partial charge in [-0.05, 0) is 36.5 Å². The number of para-hydroxylation sites is 1. The first-order valence-electron chi connectivity index (χ1n) is 6.83. The lowest BCUT2D eigenvalue weighted by Gasteiger charge is -2.17. The van der Waals surface area contributed by atoms with Crippen LogP contribution in [0.2, 0.25) is 0 Å². The lowest BCUT2D eigenvalue weighted by atomic mass is 10.0. The highest BCUT2D eigenvalue weighted by molar-refractivity contribution is 5.47. The lowest BCUT2D eigenvalue weighted by Crippen LogP contribution is -2.22. The molecule has 1 atom stereocenters. The summed E-state index contributed by atoms with van der Waals surface area (Å²) in [6.07, 6.45) is 2.65. The third-order valence-corrected chi connectivity index (χ3v) is 3.21. The molecule has 2 N–H and O–H groups in total. The molecule has 0 radical (unpaired) electrons. The first-order chi connectivity index (χ1) is 9.12. The van der Waals surface area contributed by atoms with Crippen molar-refractivity contribution < 1.29 is 9.47 Å². The molecule has 0 aliphatic heterocycles. The molecule has 106 valence electrons. The maximum absolute atomic E-state index is 6.03. The molecule has 0 fully saturated rings. The number of nitrogens with two attached hydrogens (primary N) is 1. The van der Waals surface area contributed by atoms with Crippen molar-refractivity contribution in [3.63, 3.8) is 0 Å². The summed E-state index contributed by atoms with van der Waals surface area (Å²) in [4.78, 5) is 0. The molecule has 1 unspecified atom stereocenters. The van der Waals surface area contributed by atoms with Crippen LogP contribution in [0.3, 0.4) is 0 Å². The Balaban J connectivity index is 2.92. The fraction of sp³-hybridized carbons (Fsp3) is 0.500. The Morgan fingerprint density at radius 2 is 2.11 bits per heavy atom. The van der Waals surface area contributed by atoms with Crippen LogP contribution in [0.25, 0.3) is 0 Å². The first-order valence-corrected chi connectivity index (χ1v) is 6.83. The van der Waals surface area contributed by atoms with Crippen LogP contribution >= 0.6 is 0 Å². The van der Waals surface area contributed by atoms with Gasteiger partial charge in [-0.15, -0.1) is 0 Å². The van der Waals surface area contributed by atoms with Gasteiger partial charge in [-0.25, -0.2) is 0 Å². The fourth-order valence-corrected chi connectivity index (χ4v) is 1.75. The summed E-state index contributed by atoms with van der Waals surface area (Å²) < 4.78 is 11.2. The molecular formula is C16H25NO2.